The van der Waals surface area contributed by atoms with Crippen LogP contribution in [-0.2, 0) is 12.8 Å². The van der Waals surface area contributed by atoms with Crippen molar-refractivity contribution in [1.82, 2.24) is 14.4 Å². The molecular weight excluding hydrogens is 308 g/mol. The van der Waals surface area contributed by atoms with Gasteiger partial charge in [0.05, 0.1) is 5.69 Å². The molecule has 3 aromatic heterocycles. The fourth-order valence-corrected chi connectivity index (χ4v) is 4.11. The molecule has 8 heteroatoms. The topological polar surface area (TPSA) is 76.4 Å². The molecule has 1 amide bonds. The molecule has 0 saturated heterocycles. The maximum absolute atomic E-state index is 12.2. The molecule has 0 unspecified atom stereocenters. The van der Waals surface area contributed by atoms with Crippen LogP contribution in [0.15, 0.2) is 22.6 Å². The van der Waals surface area contributed by atoms with E-state index in [-0.39, 0.29) is 11.1 Å². The molecule has 0 aliphatic heterocycles. The molecule has 3 heterocycles. The van der Waals surface area contributed by atoms with Crippen LogP contribution in [-0.4, -0.2) is 20.3 Å². The van der Waals surface area contributed by atoms with E-state index >= 15 is 0 Å². The summed E-state index contributed by atoms with van der Waals surface area (Å²) in [7, 11) is 0. The third kappa shape index (κ3) is 2.07. The summed E-state index contributed by atoms with van der Waals surface area (Å²) in [5.41, 5.74) is 0.738. The molecule has 0 radical (unpaired) electrons. The van der Waals surface area contributed by atoms with Crippen LogP contribution in [0, 0.1) is 0 Å². The van der Waals surface area contributed by atoms with Crippen molar-refractivity contribution >= 4 is 38.7 Å². The predicted octanol–water partition coefficient (Wildman–Crippen LogP) is 1.95. The average molecular weight is 318 g/mol. The summed E-state index contributed by atoms with van der Waals surface area (Å²) < 4.78 is 1.38. The molecular formula is C13H10N4O2S2. The summed E-state index contributed by atoms with van der Waals surface area (Å²) in [6.07, 6.45) is 6.05. The molecule has 1 N–H and O–H groups in total. The minimum atomic E-state index is -0.458. The van der Waals surface area contributed by atoms with Gasteiger partial charge in [-0.2, -0.15) is 0 Å². The van der Waals surface area contributed by atoms with Crippen LogP contribution >= 0.6 is 22.7 Å². The van der Waals surface area contributed by atoms with Gasteiger partial charge in [-0.1, -0.05) is 0 Å². The molecule has 0 bridgehead atoms. The largest absolute Gasteiger partial charge is 0.298 e. The van der Waals surface area contributed by atoms with Gasteiger partial charge in [-0.3, -0.25) is 19.3 Å². The Labute approximate surface area is 127 Å². The first-order chi connectivity index (χ1) is 10.2. The number of fused-ring (bicyclic) bond motifs is 2. The van der Waals surface area contributed by atoms with Gasteiger partial charge in [-0.25, -0.2) is 9.97 Å². The second kappa shape index (κ2) is 4.74. The number of aryl methyl sites for hydroxylation is 2. The molecule has 0 saturated carbocycles. The fourth-order valence-electron chi connectivity index (χ4n) is 2.39. The smallest absolute Gasteiger partial charge is 0.271 e. The lowest BCUT2D eigenvalue weighted by molar-refractivity contribution is 0.102. The predicted molar refractivity (Wildman–Crippen MR) is 81.4 cm³/mol. The Morgan fingerprint density at radius 3 is 3.14 bits per heavy atom. The summed E-state index contributed by atoms with van der Waals surface area (Å²) in [5.74, 6) is -0.458. The third-order valence-corrected chi connectivity index (χ3v) is 5.25. The SMILES string of the molecule is O=C(Nc1nc2c(s1)CCC2)c1cnc2sccn2c1=O. The van der Waals surface area contributed by atoms with Gasteiger partial charge in [-0.05, 0) is 19.3 Å². The Kier molecular flexibility index (Phi) is 2.86. The van der Waals surface area contributed by atoms with E-state index in [4.69, 9.17) is 0 Å². The van der Waals surface area contributed by atoms with E-state index in [0.29, 0.717) is 10.1 Å². The molecule has 0 fully saturated rings. The molecule has 21 heavy (non-hydrogen) atoms. The van der Waals surface area contributed by atoms with Crippen molar-refractivity contribution in [2.75, 3.05) is 5.32 Å². The van der Waals surface area contributed by atoms with E-state index in [1.165, 1.54) is 38.1 Å². The number of thiazole rings is 2. The number of anilines is 1. The molecule has 1 aliphatic carbocycles. The Balaban J connectivity index is 1.66. The molecule has 6 nitrogen and oxygen atoms in total. The minimum Gasteiger partial charge on any atom is -0.298 e. The van der Waals surface area contributed by atoms with Gasteiger partial charge in [0, 0.05) is 22.7 Å². The lowest BCUT2D eigenvalue weighted by Gasteiger charge is -2.01. The number of nitrogens with zero attached hydrogens (tertiary/aromatic N) is 3. The number of carbonyl (C=O) groups excluding carboxylic acids is 1. The van der Waals surface area contributed by atoms with Crippen LogP contribution in [0.4, 0.5) is 5.13 Å². The van der Waals surface area contributed by atoms with E-state index in [1.807, 2.05) is 0 Å². The standard InChI is InChI=1S/C13H10N4O2S2/c18-10(16-12-15-8-2-1-3-9(8)21-12)7-6-14-13-17(11(7)19)4-5-20-13/h4-6H,1-3H2,(H,15,16,18). The van der Waals surface area contributed by atoms with Gasteiger partial charge in [0.1, 0.15) is 5.56 Å². The number of rotatable bonds is 2. The summed E-state index contributed by atoms with van der Waals surface area (Å²) in [5, 5.41) is 5.02. The highest BCUT2D eigenvalue weighted by Crippen LogP contribution is 2.30. The van der Waals surface area contributed by atoms with Gasteiger partial charge < -0.3 is 0 Å². The first-order valence-electron chi connectivity index (χ1n) is 6.47. The number of aromatic nitrogens is 3. The highest BCUT2D eigenvalue weighted by Gasteiger charge is 2.20. The lowest BCUT2D eigenvalue weighted by atomic mass is 10.3. The lowest BCUT2D eigenvalue weighted by Crippen LogP contribution is -2.25. The van der Waals surface area contributed by atoms with Crippen LogP contribution in [0.2, 0.25) is 0 Å². The zero-order valence-corrected chi connectivity index (χ0v) is 12.5. The second-order valence-corrected chi connectivity index (χ2v) is 6.69. The second-order valence-electron chi connectivity index (χ2n) is 4.73. The summed E-state index contributed by atoms with van der Waals surface area (Å²) >= 11 is 2.84. The number of hydrogen-bond acceptors (Lipinski definition) is 6. The van der Waals surface area contributed by atoms with Crippen molar-refractivity contribution in [3.63, 3.8) is 0 Å². The maximum atomic E-state index is 12.2. The number of hydrogen-bond donors (Lipinski definition) is 1. The van der Waals surface area contributed by atoms with Gasteiger partial charge in [-0.15, -0.1) is 22.7 Å². The number of carbonyl (C=O) groups is 1. The van der Waals surface area contributed by atoms with Gasteiger partial charge in [0.2, 0.25) is 0 Å². The number of nitrogens with one attached hydrogen (secondary N) is 1. The fraction of sp³-hybridized carbons (Fsp3) is 0.231. The molecule has 0 spiro atoms. The van der Waals surface area contributed by atoms with E-state index in [0.717, 1.165) is 25.0 Å². The molecule has 0 atom stereocenters. The monoisotopic (exact) mass is 318 g/mol. The van der Waals surface area contributed by atoms with E-state index in [1.54, 1.807) is 11.6 Å². The van der Waals surface area contributed by atoms with Gasteiger partial charge >= 0.3 is 0 Å². The Bertz CT molecular complexity index is 887. The minimum absolute atomic E-state index is 0.0289. The summed E-state index contributed by atoms with van der Waals surface area (Å²) in [6, 6.07) is 0. The molecule has 3 aromatic rings. The molecule has 4 rings (SSSR count). The highest BCUT2D eigenvalue weighted by molar-refractivity contribution is 7.16. The third-order valence-electron chi connectivity index (χ3n) is 3.40. The van der Waals surface area contributed by atoms with Gasteiger partial charge in [0.15, 0.2) is 10.1 Å². The average Bonchev–Trinajstić information content (AvgIpc) is 3.13. The van der Waals surface area contributed by atoms with Crippen LogP contribution in [0.3, 0.4) is 0 Å². The van der Waals surface area contributed by atoms with Crippen LogP contribution in [0.5, 0.6) is 0 Å². The highest BCUT2D eigenvalue weighted by atomic mass is 32.1. The van der Waals surface area contributed by atoms with Crippen molar-refractivity contribution in [1.29, 1.82) is 0 Å². The molecule has 1 aliphatic rings. The Morgan fingerprint density at radius 1 is 1.38 bits per heavy atom. The first-order valence-corrected chi connectivity index (χ1v) is 8.17. The van der Waals surface area contributed by atoms with Crippen molar-refractivity contribution in [2.45, 2.75) is 19.3 Å². The van der Waals surface area contributed by atoms with E-state index < -0.39 is 5.91 Å². The quantitative estimate of drug-likeness (QED) is 0.783. The zero-order valence-electron chi connectivity index (χ0n) is 10.8. The van der Waals surface area contributed by atoms with Crippen molar-refractivity contribution in [3.05, 3.63) is 44.3 Å². The van der Waals surface area contributed by atoms with Crippen LogP contribution in [0.25, 0.3) is 4.96 Å². The number of amides is 1. The van der Waals surface area contributed by atoms with Gasteiger partial charge in [0.25, 0.3) is 11.5 Å². The molecule has 0 aromatic carbocycles. The van der Waals surface area contributed by atoms with Crippen LogP contribution < -0.4 is 10.9 Å². The van der Waals surface area contributed by atoms with Crippen LogP contribution in [0.1, 0.15) is 27.3 Å². The normalized spacial score (nSPS) is 13.5. The maximum Gasteiger partial charge on any atom is 0.271 e. The first kappa shape index (κ1) is 12.7. The molecule has 106 valence electrons. The zero-order chi connectivity index (χ0) is 14.4. The van der Waals surface area contributed by atoms with E-state index in [2.05, 4.69) is 15.3 Å². The summed E-state index contributed by atoms with van der Waals surface area (Å²) in [6.45, 7) is 0. The Hall–Kier alpha value is -2.06. The van der Waals surface area contributed by atoms with Crippen molar-refractivity contribution in [3.8, 4) is 0 Å². The summed E-state index contributed by atoms with van der Waals surface area (Å²) in [4.78, 5) is 34.8. The van der Waals surface area contributed by atoms with E-state index in [9.17, 15) is 9.59 Å². The van der Waals surface area contributed by atoms with Crippen molar-refractivity contribution in [2.24, 2.45) is 0 Å². The van der Waals surface area contributed by atoms with Crippen molar-refractivity contribution < 1.29 is 4.79 Å². The Morgan fingerprint density at radius 2 is 2.29 bits per heavy atom.